The third kappa shape index (κ3) is 2.93. The van der Waals surface area contributed by atoms with Crippen LogP contribution in [0.1, 0.15) is 25.7 Å². The molecule has 130 valence electrons. The van der Waals surface area contributed by atoms with Crippen LogP contribution in [0.2, 0.25) is 10.2 Å². The minimum Gasteiger partial charge on any atom is -0.356 e. The summed E-state index contributed by atoms with van der Waals surface area (Å²) < 4.78 is 16.3. The number of fused-ring (bicyclic) bond motifs is 1. The van der Waals surface area contributed by atoms with Gasteiger partial charge in [-0.05, 0) is 25.0 Å². The monoisotopic (exact) mass is 379 g/mol. The molecule has 1 aliphatic rings. The number of hydrogen-bond acceptors (Lipinski definition) is 4. The van der Waals surface area contributed by atoms with Gasteiger partial charge in [0.2, 0.25) is 0 Å². The van der Waals surface area contributed by atoms with Crippen LogP contribution >= 0.6 is 23.2 Å². The van der Waals surface area contributed by atoms with Crippen molar-refractivity contribution in [3.8, 4) is 11.1 Å². The molecule has 0 amide bonds. The molecule has 8 heteroatoms. The molecule has 0 saturated carbocycles. The van der Waals surface area contributed by atoms with E-state index in [-0.39, 0.29) is 10.7 Å². The molecule has 0 radical (unpaired) electrons. The third-order valence-electron chi connectivity index (χ3n) is 4.48. The van der Waals surface area contributed by atoms with Crippen LogP contribution in [0.3, 0.4) is 0 Å². The maximum absolute atomic E-state index is 14.6. The third-order valence-corrected chi connectivity index (χ3v) is 5.07. The van der Waals surface area contributed by atoms with Gasteiger partial charge in [-0.3, -0.25) is 0 Å². The lowest BCUT2D eigenvalue weighted by atomic mass is 10.1. The number of benzene rings is 1. The SMILES string of the molecule is Fc1cccc(Cl)c1-c1c(Cl)nc2ncnn2c1N1CCCCCC1. The van der Waals surface area contributed by atoms with Gasteiger partial charge < -0.3 is 4.90 Å². The highest BCUT2D eigenvalue weighted by Gasteiger charge is 2.26. The summed E-state index contributed by atoms with van der Waals surface area (Å²) in [4.78, 5) is 10.6. The lowest BCUT2D eigenvalue weighted by molar-refractivity contribution is 0.631. The van der Waals surface area contributed by atoms with Crippen LogP contribution in [0.4, 0.5) is 10.2 Å². The van der Waals surface area contributed by atoms with Crippen molar-refractivity contribution in [1.29, 1.82) is 0 Å². The Kier molecular flexibility index (Phi) is 4.48. The van der Waals surface area contributed by atoms with Gasteiger partial charge in [-0.25, -0.2) is 4.39 Å². The number of nitrogens with zero attached hydrogens (tertiary/aromatic N) is 5. The summed E-state index contributed by atoms with van der Waals surface area (Å²) in [6.07, 6.45) is 5.88. The average Bonchev–Trinajstić information content (AvgIpc) is 2.88. The van der Waals surface area contributed by atoms with Crippen molar-refractivity contribution in [2.75, 3.05) is 18.0 Å². The lowest BCUT2D eigenvalue weighted by Crippen LogP contribution is -2.27. The molecule has 1 saturated heterocycles. The summed E-state index contributed by atoms with van der Waals surface area (Å²) in [6.45, 7) is 1.68. The fraction of sp³-hybridized carbons (Fsp3) is 0.353. The van der Waals surface area contributed by atoms with Crippen LogP contribution in [-0.2, 0) is 0 Å². The van der Waals surface area contributed by atoms with Crippen LogP contribution in [0.15, 0.2) is 24.5 Å². The molecule has 2 aromatic heterocycles. The molecule has 1 aliphatic heterocycles. The predicted octanol–water partition coefficient (Wildman–Crippen LogP) is 4.62. The van der Waals surface area contributed by atoms with Crippen LogP contribution in [0.5, 0.6) is 0 Å². The molecule has 0 spiro atoms. The van der Waals surface area contributed by atoms with Crippen LogP contribution in [-0.4, -0.2) is 32.7 Å². The molecule has 1 aromatic carbocycles. The van der Waals surface area contributed by atoms with E-state index < -0.39 is 5.82 Å². The predicted molar refractivity (Wildman–Crippen MR) is 96.9 cm³/mol. The second kappa shape index (κ2) is 6.77. The van der Waals surface area contributed by atoms with Crippen molar-refractivity contribution < 1.29 is 4.39 Å². The Morgan fingerprint density at radius 3 is 2.48 bits per heavy atom. The topological polar surface area (TPSA) is 46.3 Å². The normalized spacial score (nSPS) is 15.6. The molecule has 3 aromatic rings. The first-order chi connectivity index (χ1) is 12.2. The zero-order valence-corrected chi connectivity index (χ0v) is 14.9. The van der Waals surface area contributed by atoms with Crippen LogP contribution in [0.25, 0.3) is 16.9 Å². The summed E-state index contributed by atoms with van der Waals surface area (Å²) in [6, 6.07) is 4.59. The molecule has 0 aliphatic carbocycles. The van der Waals surface area contributed by atoms with Crippen molar-refractivity contribution in [1.82, 2.24) is 19.6 Å². The fourth-order valence-electron chi connectivity index (χ4n) is 3.33. The maximum atomic E-state index is 14.6. The standard InChI is InChI=1S/C17H16Cl2FN5/c18-11-6-5-7-12(20)13(11)14-15(19)23-17-21-10-22-25(17)16(14)24-8-3-1-2-4-9-24/h5-7,10H,1-4,8-9H2. The fourth-order valence-corrected chi connectivity index (χ4v) is 3.84. The van der Waals surface area contributed by atoms with Crippen molar-refractivity contribution >= 4 is 34.8 Å². The van der Waals surface area contributed by atoms with Crippen molar-refractivity contribution in [3.05, 3.63) is 40.5 Å². The maximum Gasteiger partial charge on any atom is 0.255 e. The summed E-state index contributed by atoms with van der Waals surface area (Å²) in [5, 5.41) is 4.75. The Morgan fingerprint density at radius 2 is 1.76 bits per heavy atom. The zero-order valence-electron chi connectivity index (χ0n) is 13.4. The average molecular weight is 380 g/mol. The Bertz CT molecular complexity index is 899. The van der Waals surface area contributed by atoms with Gasteiger partial charge in [0.15, 0.2) is 0 Å². The van der Waals surface area contributed by atoms with E-state index in [0.29, 0.717) is 22.2 Å². The van der Waals surface area contributed by atoms with Gasteiger partial charge in [0.05, 0.1) is 10.6 Å². The molecular formula is C17H16Cl2FN5. The Hall–Kier alpha value is -1.92. The van der Waals surface area contributed by atoms with E-state index in [4.69, 9.17) is 23.2 Å². The van der Waals surface area contributed by atoms with E-state index in [2.05, 4.69) is 20.0 Å². The van der Waals surface area contributed by atoms with Gasteiger partial charge in [-0.1, -0.05) is 42.1 Å². The van der Waals surface area contributed by atoms with Gasteiger partial charge in [-0.15, -0.1) is 0 Å². The first-order valence-electron chi connectivity index (χ1n) is 8.25. The van der Waals surface area contributed by atoms with Crippen LogP contribution < -0.4 is 4.90 Å². The Balaban J connectivity index is 2.03. The van der Waals surface area contributed by atoms with Gasteiger partial charge >= 0.3 is 0 Å². The van der Waals surface area contributed by atoms with E-state index in [1.807, 2.05) is 0 Å². The summed E-state index contributed by atoms with van der Waals surface area (Å²) in [5.74, 6) is 0.647. The Labute approximate surface area is 154 Å². The molecule has 0 atom stereocenters. The molecule has 4 rings (SSSR count). The highest BCUT2D eigenvalue weighted by molar-refractivity contribution is 6.36. The quantitative estimate of drug-likeness (QED) is 0.609. The summed E-state index contributed by atoms with van der Waals surface area (Å²) in [5.41, 5.74) is 0.711. The summed E-state index contributed by atoms with van der Waals surface area (Å²) >= 11 is 12.8. The van der Waals surface area contributed by atoms with Crippen molar-refractivity contribution in [2.45, 2.75) is 25.7 Å². The number of aromatic nitrogens is 4. The molecule has 0 unspecified atom stereocenters. The van der Waals surface area contributed by atoms with E-state index in [1.165, 1.54) is 25.2 Å². The largest absolute Gasteiger partial charge is 0.356 e. The smallest absolute Gasteiger partial charge is 0.255 e. The number of rotatable bonds is 2. The first kappa shape index (κ1) is 16.5. The van der Waals surface area contributed by atoms with Gasteiger partial charge in [0.25, 0.3) is 5.78 Å². The molecule has 0 bridgehead atoms. The highest BCUT2D eigenvalue weighted by atomic mass is 35.5. The van der Waals surface area contributed by atoms with E-state index >= 15 is 0 Å². The number of halogens is 3. The van der Waals surface area contributed by atoms with E-state index in [0.717, 1.165) is 25.9 Å². The lowest BCUT2D eigenvalue weighted by Gasteiger charge is -2.26. The molecule has 5 nitrogen and oxygen atoms in total. The summed E-state index contributed by atoms with van der Waals surface area (Å²) in [7, 11) is 0. The Morgan fingerprint density at radius 1 is 1.00 bits per heavy atom. The van der Waals surface area contributed by atoms with E-state index in [1.54, 1.807) is 16.6 Å². The highest BCUT2D eigenvalue weighted by Crippen LogP contribution is 2.41. The molecular weight excluding hydrogens is 364 g/mol. The van der Waals surface area contributed by atoms with E-state index in [9.17, 15) is 4.39 Å². The molecule has 1 fully saturated rings. The van der Waals surface area contributed by atoms with Crippen molar-refractivity contribution in [2.24, 2.45) is 0 Å². The molecule has 0 N–H and O–H groups in total. The minimum atomic E-state index is -0.438. The van der Waals surface area contributed by atoms with Crippen molar-refractivity contribution in [3.63, 3.8) is 0 Å². The first-order valence-corrected chi connectivity index (χ1v) is 9.01. The molecule has 25 heavy (non-hydrogen) atoms. The van der Waals surface area contributed by atoms with Gasteiger partial charge in [0.1, 0.15) is 23.1 Å². The number of anilines is 1. The second-order valence-electron chi connectivity index (χ2n) is 6.07. The van der Waals surface area contributed by atoms with Gasteiger partial charge in [-0.2, -0.15) is 19.6 Å². The minimum absolute atomic E-state index is 0.173. The number of hydrogen-bond donors (Lipinski definition) is 0. The molecule has 3 heterocycles. The zero-order chi connectivity index (χ0) is 17.4. The van der Waals surface area contributed by atoms with Crippen LogP contribution in [0, 0.1) is 5.82 Å². The second-order valence-corrected chi connectivity index (χ2v) is 6.84. The van der Waals surface area contributed by atoms with Gasteiger partial charge in [0, 0.05) is 18.7 Å².